The van der Waals surface area contributed by atoms with Crippen molar-refractivity contribution in [2.45, 2.75) is 12.5 Å². The third-order valence-electron chi connectivity index (χ3n) is 3.68. The highest BCUT2D eigenvalue weighted by Crippen LogP contribution is 2.22. The molecule has 0 aliphatic heterocycles. The van der Waals surface area contributed by atoms with Gasteiger partial charge in [0.2, 0.25) is 0 Å². The van der Waals surface area contributed by atoms with Gasteiger partial charge in [0.05, 0.1) is 6.10 Å². The summed E-state index contributed by atoms with van der Waals surface area (Å²) in [5.74, 6) is 0. The van der Waals surface area contributed by atoms with E-state index in [2.05, 4.69) is 34.1 Å². The molecule has 21 heavy (non-hydrogen) atoms. The van der Waals surface area contributed by atoms with E-state index < -0.39 is 6.10 Å². The Morgan fingerprint density at radius 2 is 1.19 bits per heavy atom. The van der Waals surface area contributed by atoms with Gasteiger partial charge in [0.25, 0.3) is 0 Å². The van der Waals surface area contributed by atoms with E-state index in [1.54, 1.807) is 0 Å². The van der Waals surface area contributed by atoms with Crippen LogP contribution in [0.4, 0.5) is 11.4 Å². The summed E-state index contributed by atoms with van der Waals surface area (Å²) in [6.07, 6.45) is 0.168. The molecule has 1 unspecified atom stereocenters. The van der Waals surface area contributed by atoms with Crippen LogP contribution in [0.2, 0.25) is 0 Å². The zero-order valence-electron chi connectivity index (χ0n) is 13.2. The fourth-order valence-corrected chi connectivity index (χ4v) is 2.27. The van der Waals surface area contributed by atoms with Crippen molar-refractivity contribution in [3.05, 3.63) is 59.7 Å². The molecule has 0 aliphatic carbocycles. The summed E-state index contributed by atoms with van der Waals surface area (Å²) in [6, 6.07) is 16.4. The van der Waals surface area contributed by atoms with Crippen molar-refractivity contribution >= 4 is 11.4 Å². The van der Waals surface area contributed by atoms with Crippen LogP contribution < -0.4 is 9.80 Å². The Labute approximate surface area is 127 Å². The summed E-state index contributed by atoms with van der Waals surface area (Å²) < 4.78 is 0. The highest BCUT2D eigenvalue weighted by Gasteiger charge is 2.09. The normalized spacial score (nSPS) is 12.0. The van der Waals surface area contributed by atoms with Crippen LogP contribution in [0.1, 0.15) is 17.2 Å². The minimum atomic E-state index is -0.466. The van der Waals surface area contributed by atoms with Gasteiger partial charge >= 0.3 is 0 Å². The molecule has 1 atom stereocenters. The van der Waals surface area contributed by atoms with Crippen LogP contribution in [0.3, 0.4) is 0 Å². The molecule has 0 amide bonds. The molecule has 0 heterocycles. The van der Waals surface area contributed by atoms with Crippen molar-refractivity contribution in [1.82, 2.24) is 0 Å². The molecular formula is C18H24N2O. The van der Waals surface area contributed by atoms with Gasteiger partial charge in [0, 0.05) is 46.0 Å². The first-order valence-corrected chi connectivity index (χ1v) is 7.19. The van der Waals surface area contributed by atoms with E-state index in [1.807, 2.05) is 52.5 Å². The molecule has 3 heteroatoms. The highest BCUT2D eigenvalue weighted by atomic mass is 16.3. The van der Waals surface area contributed by atoms with Gasteiger partial charge in [-0.3, -0.25) is 0 Å². The molecule has 0 aromatic heterocycles. The topological polar surface area (TPSA) is 26.7 Å². The predicted octanol–water partition coefficient (Wildman–Crippen LogP) is 3.09. The minimum Gasteiger partial charge on any atom is -0.388 e. The molecule has 0 radical (unpaired) electrons. The fourth-order valence-electron chi connectivity index (χ4n) is 2.27. The van der Waals surface area contributed by atoms with E-state index in [0.29, 0.717) is 6.42 Å². The molecule has 0 fully saturated rings. The maximum absolute atomic E-state index is 10.4. The number of anilines is 2. The lowest BCUT2D eigenvalue weighted by atomic mass is 10.0. The maximum Gasteiger partial charge on any atom is 0.0830 e. The summed E-state index contributed by atoms with van der Waals surface area (Å²) >= 11 is 0. The van der Waals surface area contributed by atoms with E-state index in [0.717, 1.165) is 16.8 Å². The Kier molecular flexibility index (Phi) is 4.86. The van der Waals surface area contributed by atoms with Gasteiger partial charge < -0.3 is 14.9 Å². The number of hydrogen-bond donors (Lipinski definition) is 1. The maximum atomic E-state index is 10.4. The third-order valence-corrected chi connectivity index (χ3v) is 3.68. The monoisotopic (exact) mass is 284 g/mol. The van der Waals surface area contributed by atoms with Crippen molar-refractivity contribution < 1.29 is 5.11 Å². The van der Waals surface area contributed by atoms with Crippen LogP contribution in [0.15, 0.2) is 48.5 Å². The van der Waals surface area contributed by atoms with E-state index in [1.165, 1.54) is 5.69 Å². The van der Waals surface area contributed by atoms with Crippen LogP contribution in [0.25, 0.3) is 0 Å². The Balaban J connectivity index is 2.04. The molecule has 0 spiro atoms. The Morgan fingerprint density at radius 3 is 1.62 bits per heavy atom. The zero-order valence-corrected chi connectivity index (χ0v) is 13.2. The van der Waals surface area contributed by atoms with E-state index in [-0.39, 0.29) is 0 Å². The first kappa shape index (κ1) is 15.4. The van der Waals surface area contributed by atoms with Gasteiger partial charge in [-0.15, -0.1) is 0 Å². The van der Waals surface area contributed by atoms with Crippen molar-refractivity contribution in [2.75, 3.05) is 38.0 Å². The molecule has 1 N–H and O–H groups in total. The molecular weight excluding hydrogens is 260 g/mol. The molecule has 112 valence electrons. The largest absolute Gasteiger partial charge is 0.388 e. The number of aliphatic hydroxyl groups is 1. The predicted molar refractivity (Wildman–Crippen MR) is 90.2 cm³/mol. The van der Waals surface area contributed by atoms with Crippen molar-refractivity contribution in [3.8, 4) is 0 Å². The van der Waals surface area contributed by atoms with Gasteiger partial charge in [-0.2, -0.15) is 0 Å². The van der Waals surface area contributed by atoms with Crippen molar-refractivity contribution in [2.24, 2.45) is 0 Å². The van der Waals surface area contributed by atoms with Crippen LogP contribution in [0.5, 0.6) is 0 Å². The van der Waals surface area contributed by atoms with Crippen LogP contribution >= 0.6 is 0 Å². The van der Waals surface area contributed by atoms with Gasteiger partial charge in [0.1, 0.15) is 0 Å². The van der Waals surface area contributed by atoms with Crippen LogP contribution in [0, 0.1) is 0 Å². The standard InChI is InChI=1S/C18H24N2O/c1-19(2)16-9-5-14(6-10-16)13-18(21)15-7-11-17(12-8-15)20(3)4/h5-12,18,21H,13H2,1-4H3. The first-order chi connectivity index (χ1) is 9.97. The average molecular weight is 284 g/mol. The Morgan fingerprint density at radius 1 is 0.762 bits per heavy atom. The molecule has 3 nitrogen and oxygen atoms in total. The highest BCUT2D eigenvalue weighted by molar-refractivity contribution is 5.47. The quantitative estimate of drug-likeness (QED) is 0.914. The van der Waals surface area contributed by atoms with Crippen molar-refractivity contribution in [1.29, 1.82) is 0 Å². The number of hydrogen-bond acceptors (Lipinski definition) is 3. The lowest BCUT2D eigenvalue weighted by molar-refractivity contribution is 0.178. The summed E-state index contributed by atoms with van der Waals surface area (Å²) in [6.45, 7) is 0. The number of nitrogens with zero attached hydrogens (tertiary/aromatic N) is 2. The molecule has 0 aliphatic rings. The van der Waals surface area contributed by atoms with Crippen LogP contribution in [-0.2, 0) is 6.42 Å². The Hall–Kier alpha value is -2.00. The minimum absolute atomic E-state index is 0.466. The second-order valence-corrected chi connectivity index (χ2v) is 5.77. The van der Waals surface area contributed by atoms with E-state index >= 15 is 0 Å². The SMILES string of the molecule is CN(C)c1ccc(CC(O)c2ccc(N(C)C)cc2)cc1. The lowest BCUT2D eigenvalue weighted by Gasteiger charge is -2.16. The number of rotatable bonds is 5. The molecule has 2 aromatic carbocycles. The van der Waals surface area contributed by atoms with Crippen LogP contribution in [-0.4, -0.2) is 33.3 Å². The van der Waals surface area contributed by atoms with E-state index in [9.17, 15) is 5.11 Å². The smallest absolute Gasteiger partial charge is 0.0830 e. The number of benzene rings is 2. The van der Waals surface area contributed by atoms with Gasteiger partial charge in [-0.05, 0) is 35.4 Å². The molecule has 2 rings (SSSR count). The molecule has 0 bridgehead atoms. The van der Waals surface area contributed by atoms with Gasteiger partial charge in [-0.25, -0.2) is 0 Å². The Bertz CT molecular complexity index is 559. The second kappa shape index (κ2) is 6.64. The lowest BCUT2D eigenvalue weighted by Crippen LogP contribution is -2.09. The zero-order chi connectivity index (χ0) is 15.4. The summed E-state index contributed by atoms with van der Waals surface area (Å²) in [4.78, 5) is 4.12. The molecule has 0 saturated carbocycles. The molecule has 0 saturated heterocycles. The number of aliphatic hydroxyl groups excluding tert-OH is 1. The average Bonchev–Trinajstić information content (AvgIpc) is 2.47. The summed E-state index contributed by atoms with van der Waals surface area (Å²) in [5, 5.41) is 10.4. The fraction of sp³-hybridized carbons (Fsp3) is 0.333. The third kappa shape index (κ3) is 3.99. The summed E-state index contributed by atoms with van der Waals surface area (Å²) in [7, 11) is 8.07. The van der Waals surface area contributed by atoms with Crippen molar-refractivity contribution in [3.63, 3.8) is 0 Å². The molecule has 2 aromatic rings. The van der Waals surface area contributed by atoms with E-state index in [4.69, 9.17) is 0 Å². The second-order valence-electron chi connectivity index (χ2n) is 5.77. The van der Waals surface area contributed by atoms with Gasteiger partial charge in [-0.1, -0.05) is 24.3 Å². The van der Waals surface area contributed by atoms with Gasteiger partial charge in [0.15, 0.2) is 0 Å². The summed E-state index contributed by atoms with van der Waals surface area (Å²) in [5.41, 5.74) is 4.41. The first-order valence-electron chi connectivity index (χ1n) is 7.19.